The van der Waals surface area contributed by atoms with Gasteiger partial charge in [-0.3, -0.25) is 10.1 Å². The third kappa shape index (κ3) is 3.00. The Kier molecular flexibility index (Phi) is 3.02. The highest BCUT2D eigenvalue weighted by atomic mass is 79.9. The molecule has 5 heteroatoms. The van der Waals surface area contributed by atoms with E-state index in [1.54, 1.807) is 6.07 Å². The highest BCUT2D eigenvalue weighted by Gasteiger charge is 2.20. The summed E-state index contributed by atoms with van der Waals surface area (Å²) in [5, 5.41) is 13.9. The molecule has 1 aliphatic carbocycles. The van der Waals surface area contributed by atoms with E-state index >= 15 is 0 Å². The van der Waals surface area contributed by atoms with Crippen LogP contribution in [0.25, 0.3) is 0 Å². The molecule has 2 rings (SSSR count). The van der Waals surface area contributed by atoms with Crippen molar-refractivity contribution in [2.75, 3.05) is 0 Å². The standard InChI is InChI=1S/C10H11BrN2O2/c11-8-3-7(6-12-9-1-2-9)4-10(5-8)13(14)15/h3-5,9,12H,1-2,6H2. The SMILES string of the molecule is O=[N+]([O-])c1cc(Br)cc(CNC2CC2)c1. The first-order valence-electron chi connectivity index (χ1n) is 4.82. The summed E-state index contributed by atoms with van der Waals surface area (Å²) in [4.78, 5) is 10.3. The van der Waals surface area contributed by atoms with E-state index in [0.29, 0.717) is 12.6 Å². The largest absolute Gasteiger partial charge is 0.310 e. The van der Waals surface area contributed by atoms with Crippen molar-refractivity contribution in [3.63, 3.8) is 0 Å². The summed E-state index contributed by atoms with van der Waals surface area (Å²) in [6.07, 6.45) is 2.44. The maximum atomic E-state index is 10.6. The first-order chi connectivity index (χ1) is 7.15. The topological polar surface area (TPSA) is 55.2 Å². The number of hydrogen-bond acceptors (Lipinski definition) is 3. The van der Waals surface area contributed by atoms with Gasteiger partial charge in [0.2, 0.25) is 0 Å². The second-order valence-corrected chi connectivity index (χ2v) is 4.65. The number of nitro benzene ring substituents is 1. The highest BCUT2D eigenvalue weighted by molar-refractivity contribution is 9.10. The van der Waals surface area contributed by atoms with E-state index in [-0.39, 0.29) is 10.6 Å². The molecule has 0 saturated heterocycles. The van der Waals surface area contributed by atoms with Crippen LogP contribution in [0.1, 0.15) is 18.4 Å². The fourth-order valence-corrected chi connectivity index (χ4v) is 1.92. The molecule has 80 valence electrons. The van der Waals surface area contributed by atoms with Crippen molar-refractivity contribution in [1.82, 2.24) is 5.32 Å². The van der Waals surface area contributed by atoms with E-state index in [1.807, 2.05) is 6.07 Å². The zero-order valence-corrected chi connectivity index (χ0v) is 9.66. The summed E-state index contributed by atoms with van der Waals surface area (Å²) in [7, 11) is 0. The fraction of sp³-hybridized carbons (Fsp3) is 0.400. The van der Waals surface area contributed by atoms with Crippen LogP contribution in [-0.4, -0.2) is 11.0 Å². The summed E-state index contributed by atoms with van der Waals surface area (Å²) in [5.41, 5.74) is 1.08. The van der Waals surface area contributed by atoms with Gasteiger partial charge in [0, 0.05) is 29.2 Å². The molecule has 0 bridgehead atoms. The van der Waals surface area contributed by atoms with Crippen molar-refractivity contribution in [2.24, 2.45) is 0 Å². The number of halogens is 1. The van der Waals surface area contributed by atoms with E-state index in [9.17, 15) is 10.1 Å². The van der Waals surface area contributed by atoms with Gasteiger partial charge in [-0.15, -0.1) is 0 Å². The number of non-ortho nitro benzene ring substituents is 1. The zero-order chi connectivity index (χ0) is 10.8. The lowest BCUT2D eigenvalue weighted by Gasteiger charge is -2.03. The molecule has 0 atom stereocenters. The van der Waals surface area contributed by atoms with Gasteiger partial charge in [0.1, 0.15) is 0 Å². The molecule has 1 N–H and O–H groups in total. The van der Waals surface area contributed by atoms with Gasteiger partial charge in [-0.25, -0.2) is 0 Å². The van der Waals surface area contributed by atoms with Crippen LogP contribution in [0.5, 0.6) is 0 Å². The van der Waals surface area contributed by atoms with Gasteiger partial charge in [-0.1, -0.05) is 15.9 Å². The molecule has 0 amide bonds. The molecule has 0 spiro atoms. The number of nitro groups is 1. The lowest BCUT2D eigenvalue weighted by Crippen LogP contribution is -2.15. The maximum Gasteiger partial charge on any atom is 0.270 e. The summed E-state index contributed by atoms with van der Waals surface area (Å²) < 4.78 is 0.754. The molecular formula is C10H11BrN2O2. The maximum absolute atomic E-state index is 10.6. The lowest BCUT2D eigenvalue weighted by atomic mass is 10.2. The average molecular weight is 271 g/mol. The predicted molar refractivity (Wildman–Crippen MR) is 60.7 cm³/mol. The smallest absolute Gasteiger partial charge is 0.270 e. The van der Waals surface area contributed by atoms with E-state index in [4.69, 9.17) is 0 Å². The second-order valence-electron chi connectivity index (χ2n) is 3.73. The van der Waals surface area contributed by atoms with Crippen LogP contribution in [-0.2, 0) is 6.54 Å². The molecule has 0 aliphatic heterocycles. The first-order valence-corrected chi connectivity index (χ1v) is 5.62. The number of hydrogen-bond donors (Lipinski definition) is 1. The van der Waals surface area contributed by atoms with Crippen LogP contribution >= 0.6 is 15.9 Å². The quantitative estimate of drug-likeness (QED) is 0.676. The molecular weight excluding hydrogens is 260 g/mol. The van der Waals surface area contributed by atoms with Gasteiger partial charge < -0.3 is 5.32 Å². The number of nitrogens with zero attached hydrogens (tertiary/aromatic N) is 1. The normalized spacial score (nSPS) is 15.3. The Morgan fingerprint density at radius 1 is 1.47 bits per heavy atom. The van der Waals surface area contributed by atoms with Gasteiger partial charge in [0.05, 0.1) is 4.92 Å². The molecule has 4 nitrogen and oxygen atoms in total. The van der Waals surface area contributed by atoms with Crippen molar-refractivity contribution in [3.05, 3.63) is 38.3 Å². The van der Waals surface area contributed by atoms with Gasteiger partial charge in [-0.2, -0.15) is 0 Å². The van der Waals surface area contributed by atoms with Crippen LogP contribution in [0, 0.1) is 10.1 Å². The van der Waals surface area contributed by atoms with Gasteiger partial charge in [0.15, 0.2) is 0 Å². The minimum atomic E-state index is -0.370. The summed E-state index contributed by atoms with van der Waals surface area (Å²) in [6, 6.07) is 5.64. The van der Waals surface area contributed by atoms with E-state index in [2.05, 4.69) is 21.2 Å². The minimum absolute atomic E-state index is 0.136. The van der Waals surface area contributed by atoms with Crippen LogP contribution in [0.3, 0.4) is 0 Å². The van der Waals surface area contributed by atoms with Crippen molar-refractivity contribution in [2.45, 2.75) is 25.4 Å². The van der Waals surface area contributed by atoms with Crippen LogP contribution in [0.2, 0.25) is 0 Å². The Bertz CT molecular complexity index is 391. The van der Waals surface area contributed by atoms with Gasteiger partial charge in [-0.05, 0) is 24.5 Å². The lowest BCUT2D eigenvalue weighted by molar-refractivity contribution is -0.385. The average Bonchev–Trinajstić information content (AvgIpc) is 2.97. The van der Waals surface area contributed by atoms with Gasteiger partial charge in [0.25, 0.3) is 5.69 Å². The number of nitrogens with one attached hydrogen (secondary N) is 1. The van der Waals surface area contributed by atoms with Crippen molar-refractivity contribution >= 4 is 21.6 Å². The highest BCUT2D eigenvalue weighted by Crippen LogP contribution is 2.23. The van der Waals surface area contributed by atoms with Crippen LogP contribution in [0.15, 0.2) is 22.7 Å². The summed E-state index contributed by atoms with van der Waals surface area (Å²) in [5.74, 6) is 0. The van der Waals surface area contributed by atoms with Crippen molar-refractivity contribution < 1.29 is 4.92 Å². The Hall–Kier alpha value is -0.940. The Morgan fingerprint density at radius 3 is 2.80 bits per heavy atom. The summed E-state index contributed by atoms with van der Waals surface area (Å²) >= 11 is 3.27. The molecule has 1 aromatic rings. The molecule has 1 saturated carbocycles. The first kappa shape index (κ1) is 10.6. The van der Waals surface area contributed by atoms with Gasteiger partial charge >= 0.3 is 0 Å². The molecule has 0 heterocycles. The second kappa shape index (κ2) is 4.28. The Labute approximate surface area is 96.0 Å². The molecule has 0 aromatic heterocycles. The Morgan fingerprint density at radius 2 is 2.20 bits per heavy atom. The monoisotopic (exact) mass is 270 g/mol. The molecule has 1 fully saturated rings. The van der Waals surface area contributed by atoms with Crippen molar-refractivity contribution in [3.8, 4) is 0 Å². The summed E-state index contributed by atoms with van der Waals surface area (Å²) in [6.45, 7) is 0.699. The van der Waals surface area contributed by atoms with Crippen LogP contribution in [0.4, 0.5) is 5.69 Å². The van der Waals surface area contributed by atoms with E-state index in [0.717, 1.165) is 10.0 Å². The predicted octanol–water partition coefficient (Wildman–Crippen LogP) is 2.61. The molecule has 0 unspecified atom stereocenters. The third-order valence-corrected chi connectivity index (χ3v) is 2.78. The molecule has 15 heavy (non-hydrogen) atoms. The molecule has 1 aliphatic rings. The molecule has 0 radical (unpaired) electrons. The third-order valence-electron chi connectivity index (χ3n) is 2.33. The van der Waals surface area contributed by atoms with E-state index in [1.165, 1.54) is 18.9 Å². The van der Waals surface area contributed by atoms with Crippen LogP contribution < -0.4 is 5.32 Å². The zero-order valence-electron chi connectivity index (χ0n) is 8.07. The number of rotatable bonds is 4. The Balaban J connectivity index is 2.10. The van der Waals surface area contributed by atoms with E-state index < -0.39 is 0 Å². The minimum Gasteiger partial charge on any atom is -0.310 e. The number of benzene rings is 1. The molecule has 1 aromatic carbocycles. The van der Waals surface area contributed by atoms with Crippen molar-refractivity contribution in [1.29, 1.82) is 0 Å². The fourth-order valence-electron chi connectivity index (χ4n) is 1.39.